The van der Waals surface area contributed by atoms with Gasteiger partial charge in [-0.25, -0.2) is 0 Å². The van der Waals surface area contributed by atoms with Gasteiger partial charge in [0.2, 0.25) is 0 Å². The molecule has 3 atom stereocenters. The number of hydrogen-bond acceptors (Lipinski definition) is 2. The van der Waals surface area contributed by atoms with Gasteiger partial charge in [0.15, 0.2) is 8.32 Å². The molecule has 1 fully saturated rings. The van der Waals surface area contributed by atoms with Crippen molar-refractivity contribution < 1.29 is 9.53 Å². The monoisotopic (exact) mass is 378 g/mol. The van der Waals surface area contributed by atoms with Crippen molar-refractivity contribution in [2.75, 3.05) is 0 Å². The van der Waals surface area contributed by atoms with E-state index in [-0.39, 0.29) is 17.1 Å². The highest BCUT2D eigenvalue weighted by molar-refractivity contribution is 6.74. The number of allylic oxidation sites excluding steroid dienone is 1. The topological polar surface area (TPSA) is 29.5 Å². The highest BCUT2D eigenvalue weighted by Crippen LogP contribution is 2.41. The minimum Gasteiger partial charge on any atom is -0.414 e. The summed E-state index contributed by atoms with van der Waals surface area (Å²) >= 11 is 0. The summed E-state index contributed by atoms with van der Waals surface area (Å²) in [5, 5.41) is 10.5. The number of hydrogen-bond donors (Lipinski definition) is 1. The molecule has 26 heavy (non-hydrogen) atoms. The lowest BCUT2D eigenvalue weighted by atomic mass is 9.82. The average Bonchev–Trinajstić information content (AvgIpc) is 2.92. The van der Waals surface area contributed by atoms with Crippen LogP contribution in [0.15, 0.2) is 24.3 Å². The normalized spacial score (nSPS) is 26.6. The molecule has 1 N–H and O–H groups in total. The van der Waals surface area contributed by atoms with Gasteiger partial charge in [-0.2, -0.15) is 0 Å². The summed E-state index contributed by atoms with van der Waals surface area (Å²) in [7, 11) is -1.76. The van der Waals surface area contributed by atoms with Crippen molar-refractivity contribution in [1.82, 2.24) is 0 Å². The van der Waals surface area contributed by atoms with Crippen molar-refractivity contribution in [3.05, 3.63) is 24.3 Å². The number of aliphatic hydroxyl groups excluding tert-OH is 1. The van der Waals surface area contributed by atoms with Crippen LogP contribution in [0.2, 0.25) is 18.1 Å². The van der Waals surface area contributed by atoms with Gasteiger partial charge < -0.3 is 9.53 Å². The second-order valence-corrected chi connectivity index (χ2v) is 14.8. The Labute approximate surface area is 163 Å². The predicted octanol–water partition coefficient (Wildman–Crippen LogP) is 6.62. The Balaban J connectivity index is 2.05. The Morgan fingerprint density at radius 2 is 1.92 bits per heavy atom. The van der Waals surface area contributed by atoms with Crippen molar-refractivity contribution in [3.8, 4) is 0 Å². The molecule has 0 spiro atoms. The second-order valence-electron chi connectivity index (χ2n) is 10.1. The molecular formula is C23H42O2Si. The SMILES string of the molecule is C=CC[C@@H]1C(CCC(O[Si](C)(C)C(C)(C)C)C2CCCCC2)=CC[C@@H]1O. The van der Waals surface area contributed by atoms with E-state index < -0.39 is 8.32 Å². The van der Waals surface area contributed by atoms with Gasteiger partial charge in [0, 0.05) is 12.0 Å². The third kappa shape index (κ3) is 5.56. The maximum atomic E-state index is 10.3. The smallest absolute Gasteiger partial charge is 0.192 e. The summed E-state index contributed by atoms with van der Waals surface area (Å²) in [6, 6.07) is 0. The number of aliphatic hydroxyl groups is 1. The van der Waals surface area contributed by atoms with Crippen LogP contribution in [0, 0.1) is 11.8 Å². The van der Waals surface area contributed by atoms with Crippen LogP contribution in [-0.2, 0) is 4.43 Å². The van der Waals surface area contributed by atoms with Crippen LogP contribution in [0.25, 0.3) is 0 Å². The van der Waals surface area contributed by atoms with Crippen LogP contribution in [-0.4, -0.2) is 25.6 Å². The molecule has 0 heterocycles. The van der Waals surface area contributed by atoms with Crippen molar-refractivity contribution in [1.29, 1.82) is 0 Å². The molecule has 0 aromatic heterocycles. The van der Waals surface area contributed by atoms with Crippen molar-refractivity contribution in [3.63, 3.8) is 0 Å². The molecule has 150 valence electrons. The van der Waals surface area contributed by atoms with Gasteiger partial charge in [-0.05, 0) is 62.6 Å². The van der Waals surface area contributed by atoms with Crippen LogP contribution >= 0.6 is 0 Å². The van der Waals surface area contributed by atoms with E-state index in [0.717, 1.165) is 31.6 Å². The number of rotatable bonds is 8. The summed E-state index contributed by atoms with van der Waals surface area (Å²) in [6.07, 6.45) is 15.1. The van der Waals surface area contributed by atoms with E-state index in [1.54, 1.807) is 0 Å². The van der Waals surface area contributed by atoms with Crippen molar-refractivity contribution >= 4 is 8.32 Å². The standard InChI is InChI=1S/C23H42O2Si/c1-7-11-20-18(14-16-21(20)24)15-17-22(19-12-9-8-10-13-19)25-26(5,6)23(2,3)4/h7,14,19-22,24H,1,8-13,15-17H2,2-6H3/t20-,21+,22?/m1/s1. The van der Waals surface area contributed by atoms with E-state index in [1.807, 2.05) is 6.08 Å². The summed E-state index contributed by atoms with van der Waals surface area (Å²) in [5.41, 5.74) is 1.44. The van der Waals surface area contributed by atoms with Crippen LogP contribution < -0.4 is 0 Å². The Morgan fingerprint density at radius 3 is 2.50 bits per heavy atom. The van der Waals surface area contributed by atoms with Crippen LogP contribution in [0.1, 0.15) is 78.6 Å². The highest BCUT2D eigenvalue weighted by Gasteiger charge is 2.41. The van der Waals surface area contributed by atoms with Gasteiger partial charge in [-0.1, -0.05) is 57.8 Å². The van der Waals surface area contributed by atoms with E-state index in [4.69, 9.17) is 4.43 Å². The lowest BCUT2D eigenvalue weighted by molar-refractivity contribution is 0.0843. The Hall–Kier alpha value is -0.383. The Kier molecular flexibility index (Phi) is 7.76. The second kappa shape index (κ2) is 9.21. The molecular weight excluding hydrogens is 336 g/mol. The molecule has 0 amide bonds. The first-order chi connectivity index (χ1) is 12.2. The molecule has 0 radical (unpaired) electrons. The zero-order chi connectivity index (χ0) is 19.4. The fourth-order valence-corrected chi connectivity index (χ4v) is 5.79. The zero-order valence-electron chi connectivity index (χ0n) is 17.9. The van der Waals surface area contributed by atoms with Crippen molar-refractivity contribution in [2.24, 2.45) is 11.8 Å². The maximum absolute atomic E-state index is 10.3. The summed E-state index contributed by atoms with van der Waals surface area (Å²) < 4.78 is 6.95. The predicted molar refractivity (Wildman–Crippen MR) is 115 cm³/mol. The fraction of sp³-hybridized carbons (Fsp3) is 0.826. The molecule has 2 aliphatic carbocycles. The summed E-state index contributed by atoms with van der Waals surface area (Å²) in [5.74, 6) is 1.01. The summed E-state index contributed by atoms with van der Waals surface area (Å²) in [4.78, 5) is 0. The molecule has 0 saturated heterocycles. The summed E-state index contributed by atoms with van der Waals surface area (Å²) in [6.45, 7) is 15.7. The molecule has 0 aromatic carbocycles. The largest absolute Gasteiger partial charge is 0.414 e. The minimum atomic E-state index is -1.76. The van der Waals surface area contributed by atoms with Crippen molar-refractivity contribution in [2.45, 2.75) is 109 Å². The molecule has 2 nitrogen and oxygen atoms in total. The lowest BCUT2D eigenvalue weighted by Crippen LogP contribution is -2.46. The van der Waals surface area contributed by atoms with Crippen LogP contribution in [0.4, 0.5) is 0 Å². The molecule has 1 saturated carbocycles. The first-order valence-corrected chi connectivity index (χ1v) is 13.7. The van der Waals surface area contributed by atoms with Gasteiger partial charge in [-0.15, -0.1) is 6.58 Å². The molecule has 0 bridgehead atoms. The maximum Gasteiger partial charge on any atom is 0.192 e. The van der Waals surface area contributed by atoms with Gasteiger partial charge in [0.1, 0.15) is 0 Å². The Bertz CT molecular complexity index is 483. The van der Waals surface area contributed by atoms with E-state index in [1.165, 1.54) is 37.7 Å². The molecule has 3 heteroatoms. The van der Waals surface area contributed by atoms with Gasteiger partial charge in [0.05, 0.1) is 6.10 Å². The quantitative estimate of drug-likeness (QED) is 0.380. The minimum absolute atomic E-state index is 0.211. The van der Waals surface area contributed by atoms with E-state index in [0.29, 0.717) is 6.10 Å². The molecule has 2 aliphatic rings. The third-order valence-electron chi connectivity index (χ3n) is 7.13. The van der Waals surface area contributed by atoms with Gasteiger partial charge in [0.25, 0.3) is 0 Å². The molecule has 0 aromatic rings. The van der Waals surface area contributed by atoms with Gasteiger partial charge >= 0.3 is 0 Å². The van der Waals surface area contributed by atoms with Gasteiger partial charge in [-0.3, -0.25) is 0 Å². The lowest BCUT2D eigenvalue weighted by Gasteiger charge is -2.42. The molecule has 1 unspecified atom stereocenters. The van der Waals surface area contributed by atoms with E-state index >= 15 is 0 Å². The zero-order valence-corrected chi connectivity index (χ0v) is 18.9. The average molecular weight is 379 g/mol. The first-order valence-electron chi connectivity index (χ1n) is 10.8. The van der Waals surface area contributed by atoms with E-state index in [2.05, 4.69) is 46.5 Å². The molecule has 2 rings (SSSR count). The third-order valence-corrected chi connectivity index (χ3v) is 11.6. The Morgan fingerprint density at radius 1 is 1.27 bits per heavy atom. The van der Waals surface area contributed by atoms with Crippen LogP contribution in [0.3, 0.4) is 0 Å². The van der Waals surface area contributed by atoms with Crippen LogP contribution in [0.5, 0.6) is 0 Å². The van der Waals surface area contributed by atoms with E-state index in [9.17, 15) is 5.11 Å². The highest BCUT2D eigenvalue weighted by atomic mass is 28.4. The first kappa shape index (κ1) is 21.9. The molecule has 0 aliphatic heterocycles. The fourth-order valence-electron chi connectivity index (χ4n) is 4.37.